The van der Waals surface area contributed by atoms with E-state index in [-0.39, 0.29) is 24.1 Å². The number of nitrogens with zero attached hydrogens (tertiary/aromatic N) is 4. The van der Waals surface area contributed by atoms with Gasteiger partial charge in [-0.1, -0.05) is 13.3 Å². The summed E-state index contributed by atoms with van der Waals surface area (Å²) in [4.78, 5) is 25.2. The zero-order valence-electron chi connectivity index (χ0n) is 15.9. The number of fused-ring (bicyclic) bond motifs is 1. The minimum atomic E-state index is -0.698. The first kappa shape index (κ1) is 18.2. The maximum Gasteiger partial charge on any atom is 0.293 e. The second-order valence-corrected chi connectivity index (χ2v) is 8.29. The predicted octanol–water partition coefficient (Wildman–Crippen LogP) is 1.14. The van der Waals surface area contributed by atoms with E-state index in [1.807, 2.05) is 6.07 Å². The van der Waals surface area contributed by atoms with Crippen LogP contribution in [0.1, 0.15) is 69.8 Å². The van der Waals surface area contributed by atoms with Crippen LogP contribution in [0.5, 0.6) is 0 Å². The molecule has 8 nitrogen and oxygen atoms in total. The van der Waals surface area contributed by atoms with Crippen molar-refractivity contribution in [1.82, 2.24) is 24.7 Å². The number of unbranched alkanes of at least 4 members (excludes halogenated alkanes) is 1. The van der Waals surface area contributed by atoms with Crippen molar-refractivity contribution in [3.63, 3.8) is 0 Å². The monoisotopic (exact) mass is 373 g/mol. The van der Waals surface area contributed by atoms with Crippen LogP contribution in [0.2, 0.25) is 0 Å². The van der Waals surface area contributed by atoms with Gasteiger partial charge in [-0.05, 0) is 45.1 Å². The molecule has 2 saturated carbocycles. The molecule has 2 aliphatic carbocycles. The van der Waals surface area contributed by atoms with Crippen molar-refractivity contribution >= 4 is 11.4 Å². The van der Waals surface area contributed by atoms with Crippen LogP contribution in [0.4, 0.5) is 0 Å². The quantitative estimate of drug-likeness (QED) is 0.758. The Morgan fingerprint density at radius 2 is 2.11 bits per heavy atom. The van der Waals surface area contributed by atoms with Crippen molar-refractivity contribution in [3.8, 4) is 0 Å². The number of aromatic nitrogens is 4. The molecule has 1 amide bonds. The summed E-state index contributed by atoms with van der Waals surface area (Å²) in [5.41, 5.74) is 0.462. The molecule has 0 atom stereocenters. The molecule has 0 bridgehead atoms. The predicted molar refractivity (Wildman–Crippen MR) is 99.6 cm³/mol. The SMILES string of the molecule is CCCCc1nn(CC(=O)NC2CC(C)(O)C2)c(=O)c2cc(C3CC3)nn12. The maximum atomic E-state index is 12.8. The lowest BCUT2D eigenvalue weighted by atomic mass is 9.77. The molecule has 2 fully saturated rings. The van der Waals surface area contributed by atoms with Crippen molar-refractivity contribution in [1.29, 1.82) is 0 Å². The van der Waals surface area contributed by atoms with E-state index in [9.17, 15) is 14.7 Å². The molecule has 0 saturated heterocycles. The lowest BCUT2D eigenvalue weighted by Crippen LogP contribution is -2.54. The van der Waals surface area contributed by atoms with Gasteiger partial charge in [0.05, 0.1) is 11.3 Å². The molecule has 2 aliphatic rings. The van der Waals surface area contributed by atoms with Gasteiger partial charge in [0.2, 0.25) is 5.91 Å². The van der Waals surface area contributed by atoms with Crippen molar-refractivity contribution in [2.24, 2.45) is 0 Å². The van der Waals surface area contributed by atoms with E-state index >= 15 is 0 Å². The first-order valence-corrected chi connectivity index (χ1v) is 9.88. The van der Waals surface area contributed by atoms with Crippen LogP contribution < -0.4 is 10.9 Å². The highest BCUT2D eigenvalue weighted by Gasteiger charge is 2.39. The summed E-state index contributed by atoms with van der Waals surface area (Å²) in [6.07, 6.45) is 5.98. The molecule has 146 valence electrons. The smallest absolute Gasteiger partial charge is 0.293 e. The van der Waals surface area contributed by atoms with Gasteiger partial charge in [0.1, 0.15) is 12.1 Å². The third kappa shape index (κ3) is 3.76. The summed E-state index contributed by atoms with van der Waals surface area (Å²) in [7, 11) is 0. The Hall–Kier alpha value is -2.22. The number of carbonyl (C=O) groups is 1. The van der Waals surface area contributed by atoms with Crippen LogP contribution in [-0.2, 0) is 17.8 Å². The molecule has 0 aromatic carbocycles. The number of nitrogens with one attached hydrogen (secondary N) is 1. The average Bonchev–Trinajstić information content (AvgIpc) is 3.33. The van der Waals surface area contributed by atoms with Crippen LogP contribution in [0, 0.1) is 0 Å². The molecule has 0 aliphatic heterocycles. The second-order valence-electron chi connectivity index (χ2n) is 8.29. The highest BCUT2D eigenvalue weighted by molar-refractivity contribution is 5.76. The van der Waals surface area contributed by atoms with Crippen LogP contribution in [0.25, 0.3) is 5.52 Å². The van der Waals surface area contributed by atoms with E-state index in [0.717, 1.165) is 37.2 Å². The summed E-state index contributed by atoms with van der Waals surface area (Å²) in [6, 6.07) is 1.82. The molecule has 2 aromatic rings. The number of aliphatic hydroxyl groups is 1. The number of rotatable bonds is 7. The zero-order chi connectivity index (χ0) is 19.2. The van der Waals surface area contributed by atoms with Crippen LogP contribution >= 0.6 is 0 Å². The Kier molecular flexibility index (Phi) is 4.53. The van der Waals surface area contributed by atoms with E-state index in [0.29, 0.717) is 30.7 Å². The van der Waals surface area contributed by atoms with Gasteiger partial charge >= 0.3 is 0 Å². The maximum absolute atomic E-state index is 12.8. The normalized spacial score (nSPS) is 24.8. The van der Waals surface area contributed by atoms with Crippen molar-refractivity contribution in [2.75, 3.05) is 0 Å². The van der Waals surface area contributed by atoms with Gasteiger partial charge in [-0.2, -0.15) is 10.2 Å². The molecule has 0 spiro atoms. The third-order valence-corrected chi connectivity index (χ3v) is 5.44. The van der Waals surface area contributed by atoms with Gasteiger partial charge in [-0.25, -0.2) is 9.20 Å². The minimum Gasteiger partial charge on any atom is -0.390 e. The topological polar surface area (TPSA) is 102 Å². The Morgan fingerprint density at radius 3 is 2.74 bits per heavy atom. The van der Waals surface area contributed by atoms with Gasteiger partial charge in [-0.15, -0.1) is 0 Å². The van der Waals surface area contributed by atoms with Crippen molar-refractivity contribution < 1.29 is 9.90 Å². The molecule has 2 heterocycles. The van der Waals surface area contributed by atoms with E-state index in [1.54, 1.807) is 11.4 Å². The molecule has 4 rings (SSSR count). The van der Waals surface area contributed by atoms with Crippen LogP contribution in [-0.4, -0.2) is 42.1 Å². The van der Waals surface area contributed by atoms with Gasteiger partial charge in [0.15, 0.2) is 5.82 Å². The second kappa shape index (κ2) is 6.74. The van der Waals surface area contributed by atoms with Crippen LogP contribution in [0.15, 0.2) is 10.9 Å². The van der Waals surface area contributed by atoms with Crippen molar-refractivity contribution in [3.05, 3.63) is 27.9 Å². The number of carbonyl (C=O) groups excluding carboxylic acids is 1. The first-order valence-electron chi connectivity index (χ1n) is 9.88. The van der Waals surface area contributed by atoms with E-state index in [2.05, 4.69) is 22.4 Å². The third-order valence-electron chi connectivity index (χ3n) is 5.44. The highest BCUT2D eigenvalue weighted by atomic mass is 16.3. The van der Waals surface area contributed by atoms with Gasteiger partial charge in [0.25, 0.3) is 5.56 Å². The average molecular weight is 373 g/mol. The Morgan fingerprint density at radius 1 is 1.37 bits per heavy atom. The molecular weight excluding hydrogens is 346 g/mol. The summed E-state index contributed by atoms with van der Waals surface area (Å²) in [5, 5.41) is 21.7. The molecule has 0 unspecified atom stereocenters. The van der Waals surface area contributed by atoms with E-state index in [1.165, 1.54) is 4.68 Å². The number of aryl methyl sites for hydroxylation is 1. The lowest BCUT2D eigenvalue weighted by molar-refractivity contribution is -0.125. The van der Waals surface area contributed by atoms with Gasteiger partial charge < -0.3 is 10.4 Å². The number of hydrogen-bond donors (Lipinski definition) is 2. The summed E-state index contributed by atoms with van der Waals surface area (Å²) in [6.45, 7) is 3.75. The molecule has 27 heavy (non-hydrogen) atoms. The summed E-state index contributed by atoms with van der Waals surface area (Å²) < 4.78 is 2.92. The van der Waals surface area contributed by atoms with Crippen molar-refractivity contribution in [2.45, 2.75) is 82.9 Å². The van der Waals surface area contributed by atoms with Gasteiger partial charge in [0, 0.05) is 18.4 Å². The fraction of sp³-hybridized carbons (Fsp3) is 0.684. The van der Waals surface area contributed by atoms with Gasteiger partial charge in [-0.3, -0.25) is 9.59 Å². The molecule has 8 heteroatoms. The fourth-order valence-electron chi connectivity index (χ4n) is 3.80. The zero-order valence-corrected chi connectivity index (χ0v) is 15.9. The fourth-order valence-corrected chi connectivity index (χ4v) is 3.80. The number of hydrogen-bond acceptors (Lipinski definition) is 5. The standard InChI is InChI=1S/C19H27N5O3/c1-3-4-5-16-22-23(11-17(25)20-13-9-19(2,27)10-13)18(26)15-8-14(12-6-7-12)21-24(15)16/h8,12-13,27H,3-7,9-11H2,1-2H3,(H,20,25). The lowest BCUT2D eigenvalue weighted by Gasteiger charge is -2.41. The summed E-state index contributed by atoms with van der Waals surface area (Å²) >= 11 is 0. The molecular formula is C19H27N5O3. The summed E-state index contributed by atoms with van der Waals surface area (Å²) in [5.74, 6) is 0.919. The number of amides is 1. The molecule has 0 radical (unpaired) electrons. The highest BCUT2D eigenvalue weighted by Crippen LogP contribution is 2.39. The molecule has 2 aromatic heterocycles. The van der Waals surface area contributed by atoms with E-state index in [4.69, 9.17) is 0 Å². The van der Waals surface area contributed by atoms with E-state index < -0.39 is 5.60 Å². The first-order chi connectivity index (χ1) is 12.9. The largest absolute Gasteiger partial charge is 0.390 e. The Bertz CT molecular complexity index is 917. The molecule has 2 N–H and O–H groups in total. The van der Waals surface area contributed by atoms with Crippen LogP contribution in [0.3, 0.4) is 0 Å². The minimum absolute atomic E-state index is 0.0390. The Labute approximate surface area is 157 Å². The Balaban J connectivity index is 1.58.